The number of halogens is 2. The molecule has 0 bridgehead atoms. The summed E-state index contributed by atoms with van der Waals surface area (Å²) in [6.07, 6.45) is -1.31. The van der Waals surface area contributed by atoms with Gasteiger partial charge in [0.1, 0.15) is 6.17 Å². The minimum Gasteiger partial charge on any atom is -0.504 e. The van der Waals surface area contributed by atoms with Gasteiger partial charge in [-0.2, -0.15) is 0 Å². The molecule has 14 heavy (non-hydrogen) atoms. The molecule has 0 aliphatic rings. The second-order valence-corrected chi connectivity index (χ2v) is 3.29. The van der Waals surface area contributed by atoms with Crippen LogP contribution in [0.2, 0.25) is 5.02 Å². The van der Waals surface area contributed by atoms with Crippen LogP contribution in [-0.2, 0) is 0 Å². The molecule has 0 fully saturated rings. The quantitative estimate of drug-likeness (QED) is 0.682. The van der Waals surface area contributed by atoms with Crippen LogP contribution in [0.1, 0.15) is 11.7 Å². The largest absolute Gasteiger partial charge is 0.504 e. The van der Waals surface area contributed by atoms with Crippen LogP contribution in [0.4, 0.5) is 4.39 Å². The number of phenolic OH excluding ortho intramolecular Hbond substituents is 2. The molecular formula is C9H11ClFNO2. The molecule has 0 aliphatic carbocycles. The number of rotatable bonds is 3. The Labute approximate surface area is 86.1 Å². The normalized spacial score (nSPS) is 12.8. The van der Waals surface area contributed by atoms with Crippen molar-refractivity contribution >= 4 is 11.6 Å². The van der Waals surface area contributed by atoms with Gasteiger partial charge < -0.3 is 15.5 Å². The maximum atomic E-state index is 13.4. The summed E-state index contributed by atoms with van der Waals surface area (Å²) in [5, 5.41) is 21.0. The first-order chi connectivity index (χ1) is 6.56. The van der Waals surface area contributed by atoms with Crippen molar-refractivity contribution in [3.05, 3.63) is 22.7 Å². The average molecular weight is 220 g/mol. The third kappa shape index (κ3) is 2.27. The second-order valence-electron chi connectivity index (χ2n) is 2.89. The lowest BCUT2D eigenvalue weighted by atomic mass is 10.1. The average Bonchev–Trinajstić information content (AvgIpc) is 2.11. The maximum absolute atomic E-state index is 13.4. The van der Waals surface area contributed by atoms with Gasteiger partial charge in [0.25, 0.3) is 0 Å². The van der Waals surface area contributed by atoms with Gasteiger partial charge >= 0.3 is 0 Å². The van der Waals surface area contributed by atoms with Crippen molar-refractivity contribution in [3.63, 3.8) is 0 Å². The first-order valence-electron chi connectivity index (χ1n) is 4.06. The summed E-state index contributed by atoms with van der Waals surface area (Å²) < 4.78 is 13.4. The molecule has 1 aromatic rings. The van der Waals surface area contributed by atoms with Crippen molar-refractivity contribution in [2.75, 3.05) is 13.6 Å². The SMILES string of the molecule is CNCC(F)c1cc(O)c(O)cc1Cl. The Morgan fingerprint density at radius 3 is 2.57 bits per heavy atom. The summed E-state index contributed by atoms with van der Waals surface area (Å²) in [5.74, 6) is -0.724. The zero-order chi connectivity index (χ0) is 10.7. The van der Waals surface area contributed by atoms with Crippen LogP contribution in [0, 0.1) is 0 Å². The van der Waals surface area contributed by atoms with E-state index >= 15 is 0 Å². The summed E-state index contributed by atoms with van der Waals surface area (Å²) in [4.78, 5) is 0. The summed E-state index contributed by atoms with van der Waals surface area (Å²) in [7, 11) is 1.61. The van der Waals surface area contributed by atoms with Crippen molar-refractivity contribution in [1.82, 2.24) is 5.32 Å². The van der Waals surface area contributed by atoms with Crippen molar-refractivity contribution in [2.45, 2.75) is 6.17 Å². The van der Waals surface area contributed by atoms with Gasteiger partial charge in [0.05, 0.1) is 5.02 Å². The van der Waals surface area contributed by atoms with Gasteiger partial charge in [-0.15, -0.1) is 0 Å². The Morgan fingerprint density at radius 1 is 1.43 bits per heavy atom. The van der Waals surface area contributed by atoms with E-state index in [2.05, 4.69) is 5.32 Å². The molecule has 5 heteroatoms. The zero-order valence-electron chi connectivity index (χ0n) is 7.59. The molecular weight excluding hydrogens is 209 g/mol. The van der Waals surface area contributed by atoms with Crippen molar-refractivity contribution < 1.29 is 14.6 Å². The molecule has 0 aliphatic heterocycles. The maximum Gasteiger partial charge on any atom is 0.158 e. The van der Waals surface area contributed by atoms with E-state index < -0.39 is 6.17 Å². The molecule has 0 saturated carbocycles. The molecule has 3 nitrogen and oxygen atoms in total. The monoisotopic (exact) mass is 219 g/mol. The standard InChI is InChI=1S/C9H11ClFNO2/c1-12-4-7(11)5-2-8(13)9(14)3-6(5)10/h2-3,7,12-14H,4H2,1H3. The Balaban J connectivity index is 3.02. The third-order valence-electron chi connectivity index (χ3n) is 1.81. The van der Waals surface area contributed by atoms with E-state index in [0.717, 1.165) is 12.1 Å². The fourth-order valence-electron chi connectivity index (χ4n) is 1.10. The summed E-state index contributed by atoms with van der Waals surface area (Å²) in [6, 6.07) is 2.24. The number of aromatic hydroxyl groups is 2. The lowest BCUT2D eigenvalue weighted by Crippen LogP contribution is -2.14. The highest BCUT2D eigenvalue weighted by atomic mass is 35.5. The van der Waals surface area contributed by atoms with E-state index in [4.69, 9.17) is 21.8 Å². The van der Waals surface area contributed by atoms with Gasteiger partial charge in [-0.05, 0) is 13.1 Å². The minimum absolute atomic E-state index is 0.100. The molecule has 0 saturated heterocycles. The Morgan fingerprint density at radius 2 is 2.00 bits per heavy atom. The van der Waals surface area contributed by atoms with Gasteiger partial charge in [0.15, 0.2) is 11.5 Å². The molecule has 0 spiro atoms. The first kappa shape index (κ1) is 11.1. The highest BCUT2D eigenvalue weighted by Gasteiger charge is 2.15. The molecule has 0 radical (unpaired) electrons. The van der Waals surface area contributed by atoms with E-state index in [9.17, 15) is 4.39 Å². The van der Waals surface area contributed by atoms with Crippen LogP contribution < -0.4 is 5.32 Å². The van der Waals surface area contributed by atoms with Gasteiger partial charge in [-0.3, -0.25) is 0 Å². The number of likely N-dealkylation sites (N-methyl/N-ethyl adjacent to an activating group) is 1. The predicted octanol–water partition coefficient (Wildman–Crippen LogP) is 1.98. The summed E-state index contributed by atoms with van der Waals surface area (Å²) in [6.45, 7) is 0.101. The van der Waals surface area contributed by atoms with Gasteiger partial charge in [-0.25, -0.2) is 4.39 Å². The number of hydrogen-bond acceptors (Lipinski definition) is 3. The van der Waals surface area contributed by atoms with Crippen molar-refractivity contribution in [2.24, 2.45) is 0 Å². The highest BCUT2D eigenvalue weighted by Crippen LogP contribution is 2.35. The number of phenols is 2. The smallest absolute Gasteiger partial charge is 0.158 e. The van der Waals surface area contributed by atoms with Crippen LogP contribution in [0.5, 0.6) is 11.5 Å². The van der Waals surface area contributed by atoms with Crippen LogP contribution in [0.3, 0.4) is 0 Å². The van der Waals surface area contributed by atoms with Crippen LogP contribution in [0.25, 0.3) is 0 Å². The van der Waals surface area contributed by atoms with Crippen molar-refractivity contribution in [1.29, 1.82) is 0 Å². The first-order valence-corrected chi connectivity index (χ1v) is 4.44. The molecule has 0 aromatic heterocycles. The minimum atomic E-state index is -1.31. The molecule has 0 amide bonds. The fraction of sp³-hybridized carbons (Fsp3) is 0.333. The third-order valence-corrected chi connectivity index (χ3v) is 2.14. The molecule has 1 atom stereocenters. The van der Waals surface area contributed by atoms with Gasteiger partial charge in [0.2, 0.25) is 0 Å². The van der Waals surface area contributed by atoms with Crippen molar-refractivity contribution in [3.8, 4) is 11.5 Å². The lowest BCUT2D eigenvalue weighted by molar-refractivity contribution is 0.332. The van der Waals surface area contributed by atoms with E-state index in [1.807, 2.05) is 0 Å². The number of benzene rings is 1. The summed E-state index contributed by atoms with van der Waals surface area (Å²) in [5.41, 5.74) is 0.163. The van der Waals surface area contributed by atoms with Gasteiger partial charge in [0, 0.05) is 18.2 Å². The van der Waals surface area contributed by atoms with E-state index in [1.54, 1.807) is 7.05 Å². The molecule has 3 N–H and O–H groups in total. The van der Waals surface area contributed by atoms with E-state index in [1.165, 1.54) is 0 Å². The Kier molecular flexibility index (Phi) is 3.55. The van der Waals surface area contributed by atoms with Gasteiger partial charge in [-0.1, -0.05) is 11.6 Å². The number of nitrogens with one attached hydrogen (secondary N) is 1. The summed E-state index contributed by atoms with van der Waals surface area (Å²) >= 11 is 5.69. The van der Waals surface area contributed by atoms with E-state index in [0.29, 0.717) is 0 Å². The Hall–Kier alpha value is -1.00. The van der Waals surface area contributed by atoms with Crippen LogP contribution >= 0.6 is 11.6 Å². The predicted molar refractivity (Wildman–Crippen MR) is 52.6 cm³/mol. The molecule has 1 unspecified atom stereocenters. The fourth-order valence-corrected chi connectivity index (χ4v) is 1.37. The highest BCUT2D eigenvalue weighted by molar-refractivity contribution is 6.31. The topological polar surface area (TPSA) is 52.5 Å². The second kappa shape index (κ2) is 4.48. The van der Waals surface area contributed by atoms with Crippen LogP contribution in [0.15, 0.2) is 12.1 Å². The zero-order valence-corrected chi connectivity index (χ0v) is 8.35. The number of alkyl halides is 1. The van der Waals surface area contributed by atoms with Crippen LogP contribution in [-0.4, -0.2) is 23.8 Å². The molecule has 1 aromatic carbocycles. The number of hydrogen-bond donors (Lipinski definition) is 3. The Bertz CT molecular complexity index is 333. The molecule has 78 valence electrons. The van der Waals surface area contributed by atoms with E-state index in [-0.39, 0.29) is 28.6 Å². The molecule has 1 rings (SSSR count). The molecule has 0 heterocycles. The lowest BCUT2D eigenvalue weighted by Gasteiger charge is -2.10.